The van der Waals surface area contributed by atoms with Gasteiger partial charge in [-0.3, -0.25) is 0 Å². The van der Waals surface area contributed by atoms with Crippen molar-refractivity contribution in [2.24, 2.45) is 0 Å². The Morgan fingerprint density at radius 3 is 2.59 bits per heavy atom. The van der Waals surface area contributed by atoms with Gasteiger partial charge in [-0.15, -0.1) is 0 Å². The van der Waals surface area contributed by atoms with E-state index in [1.165, 1.54) is 16.5 Å². The van der Waals surface area contributed by atoms with Gasteiger partial charge >= 0.3 is 0 Å². The SMILES string of the molecule is CCc1cn(C(C)C)c2c(Br)cc(OC)cc12. The number of halogens is 1. The number of aryl methyl sites for hydroxylation is 1. The number of aromatic nitrogens is 1. The summed E-state index contributed by atoms with van der Waals surface area (Å²) in [4.78, 5) is 0. The third kappa shape index (κ3) is 2.08. The maximum absolute atomic E-state index is 5.33. The lowest BCUT2D eigenvalue weighted by Gasteiger charge is -2.11. The zero-order valence-corrected chi connectivity index (χ0v) is 12.3. The van der Waals surface area contributed by atoms with Crippen molar-refractivity contribution in [1.82, 2.24) is 4.57 Å². The van der Waals surface area contributed by atoms with E-state index in [-0.39, 0.29) is 0 Å². The van der Waals surface area contributed by atoms with Crippen LogP contribution < -0.4 is 4.74 Å². The van der Waals surface area contributed by atoms with Gasteiger partial charge in [0.05, 0.1) is 12.6 Å². The Labute approximate surface area is 111 Å². The molecule has 2 rings (SSSR count). The number of fused-ring (bicyclic) bond motifs is 1. The molecule has 17 heavy (non-hydrogen) atoms. The molecular weight excluding hydrogens is 278 g/mol. The highest BCUT2D eigenvalue weighted by Gasteiger charge is 2.13. The first-order chi connectivity index (χ1) is 8.08. The Balaban J connectivity index is 2.80. The fraction of sp³-hybridized carbons (Fsp3) is 0.429. The molecule has 1 aromatic heterocycles. The van der Waals surface area contributed by atoms with E-state index >= 15 is 0 Å². The van der Waals surface area contributed by atoms with Crippen molar-refractivity contribution in [2.45, 2.75) is 33.2 Å². The fourth-order valence-electron chi connectivity index (χ4n) is 2.19. The minimum atomic E-state index is 0.461. The zero-order chi connectivity index (χ0) is 12.6. The molecule has 0 amide bonds. The van der Waals surface area contributed by atoms with Gasteiger partial charge in [-0.2, -0.15) is 0 Å². The second kappa shape index (κ2) is 4.73. The topological polar surface area (TPSA) is 14.2 Å². The first-order valence-corrected chi connectivity index (χ1v) is 6.74. The molecule has 92 valence electrons. The summed E-state index contributed by atoms with van der Waals surface area (Å²) < 4.78 is 8.75. The normalized spacial score (nSPS) is 11.4. The van der Waals surface area contributed by atoms with Crippen LogP contribution in [0.1, 0.15) is 32.4 Å². The zero-order valence-electron chi connectivity index (χ0n) is 10.7. The van der Waals surface area contributed by atoms with E-state index in [0.717, 1.165) is 16.6 Å². The summed E-state index contributed by atoms with van der Waals surface area (Å²) in [6.07, 6.45) is 3.29. The summed E-state index contributed by atoms with van der Waals surface area (Å²) in [5.41, 5.74) is 2.63. The average Bonchev–Trinajstić information content (AvgIpc) is 2.68. The minimum absolute atomic E-state index is 0.461. The Bertz CT molecular complexity index is 543. The van der Waals surface area contributed by atoms with Crippen LogP contribution in [0.5, 0.6) is 5.75 Å². The van der Waals surface area contributed by atoms with Crippen molar-refractivity contribution in [1.29, 1.82) is 0 Å². The predicted molar refractivity (Wildman–Crippen MR) is 76.0 cm³/mol. The number of methoxy groups -OCH3 is 1. The van der Waals surface area contributed by atoms with Crippen LogP contribution in [0.2, 0.25) is 0 Å². The molecule has 1 heterocycles. The molecule has 0 aliphatic heterocycles. The largest absolute Gasteiger partial charge is 0.497 e. The van der Waals surface area contributed by atoms with Gasteiger partial charge in [-0.1, -0.05) is 6.92 Å². The van der Waals surface area contributed by atoms with Crippen molar-refractivity contribution in [2.75, 3.05) is 7.11 Å². The van der Waals surface area contributed by atoms with E-state index in [9.17, 15) is 0 Å². The van der Waals surface area contributed by atoms with Gasteiger partial charge in [0.2, 0.25) is 0 Å². The number of hydrogen-bond donors (Lipinski definition) is 0. The Kier molecular flexibility index (Phi) is 3.48. The van der Waals surface area contributed by atoms with Gasteiger partial charge in [0.1, 0.15) is 5.75 Å². The van der Waals surface area contributed by atoms with Crippen LogP contribution in [0.15, 0.2) is 22.8 Å². The maximum Gasteiger partial charge on any atom is 0.120 e. The van der Waals surface area contributed by atoms with E-state index in [2.05, 4.69) is 53.5 Å². The monoisotopic (exact) mass is 295 g/mol. The van der Waals surface area contributed by atoms with Crippen LogP contribution in [-0.4, -0.2) is 11.7 Å². The van der Waals surface area contributed by atoms with Crippen molar-refractivity contribution in [3.63, 3.8) is 0 Å². The maximum atomic E-state index is 5.33. The lowest BCUT2D eigenvalue weighted by atomic mass is 10.1. The fourth-order valence-corrected chi connectivity index (χ4v) is 2.83. The van der Waals surface area contributed by atoms with Crippen LogP contribution in [0.3, 0.4) is 0 Å². The first kappa shape index (κ1) is 12.5. The Morgan fingerprint density at radius 1 is 1.35 bits per heavy atom. The molecule has 0 unspecified atom stereocenters. The summed E-state index contributed by atoms with van der Waals surface area (Å²) in [6, 6.07) is 4.61. The second-order valence-electron chi connectivity index (χ2n) is 4.51. The molecule has 0 saturated carbocycles. The minimum Gasteiger partial charge on any atom is -0.497 e. The molecular formula is C14H18BrNO. The van der Waals surface area contributed by atoms with Crippen molar-refractivity contribution < 1.29 is 4.74 Å². The lowest BCUT2D eigenvalue weighted by Crippen LogP contribution is -1.98. The van der Waals surface area contributed by atoms with Gasteiger partial charge in [0.15, 0.2) is 0 Å². The van der Waals surface area contributed by atoms with Crippen molar-refractivity contribution in [3.05, 3.63) is 28.4 Å². The van der Waals surface area contributed by atoms with E-state index in [4.69, 9.17) is 4.74 Å². The van der Waals surface area contributed by atoms with Crippen LogP contribution in [-0.2, 0) is 6.42 Å². The summed E-state index contributed by atoms with van der Waals surface area (Å²) in [7, 11) is 1.71. The highest BCUT2D eigenvalue weighted by molar-refractivity contribution is 9.10. The number of rotatable bonds is 3. The van der Waals surface area contributed by atoms with Crippen LogP contribution in [0, 0.1) is 0 Å². The molecule has 1 aromatic carbocycles. The van der Waals surface area contributed by atoms with E-state index in [1.54, 1.807) is 7.11 Å². The van der Waals surface area contributed by atoms with Gasteiger partial charge < -0.3 is 9.30 Å². The number of hydrogen-bond acceptors (Lipinski definition) is 1. The molecule has 0 aliphatic carbocycles. The smallest absolute Gasteiger partial charge is 0.120 e. The molecule has 0 spiro atoms. The van der Waals surface area contributed by atoms with Crippen molar-refractivity contribution in [3.8, 4) is 5.75 Å². The van der Waals surface area contributed by atoms with Gasteiger partial charge in [0.25, 0.3) is 0 Å². The number of benzene rings is 1. The molecule has 2 nitrogen and oxygen atoms in total. The van der Waals surface area contributed by atoms with Crippen LogP contribution >= 0.6 is 15.9 Å². The van der Waals surface area contributed by atoms with E-state index < -0.39 is 0 Å². The van der Waals surface area contributed by atoms with Gasteiger partial charge in [-0.05, 0) is 53.9 Å². The number of ether oxygens (including phenoxy) is 1. The molecule has 2 aromatic rings. The Hall–Kier alpha value is -0.960. The average molecular weight is 296 g/mol. The summed E-state index contributed by atoms with van der Waals surface area (Å²) >= 11 is 3.65. The first-order valence-electron chi connectivity index (χ1n) is 5.95. The predicted octanol–water partition coefficient (Wildman–Crippen LogP) is 4.56. The third-order valence-electron chi connectivity index (χ3n) is 3.11. The Morgan fingerprint density at radius 2 is 2.06 bits per heavy atom. The molecule has 3 heteroatoms. The highest BCUT2D eigenvalue weighted by atomic mass is 79.9. The molecule has 0 bridgehead atoms. The standard InChI is InChI=1S/C14H18BrNO/c1-5-10-8-16(9(2)3)14-12(10)6-11(17-4)7-13(14)15/h6-9H,5H2,1-4H3. The van der Waals surface area contributed by atoms with Crippen LogP contribution in [0.4, 0.5) is 0 Å². The summed E-state index contributed by atoms with van der Waals surface area (Å²) in [6.45, 7) is 6.60. The van der Waals surface area contributed by atoms with Gasteiger partial charge in [-0.25, -0.2) is 0 Å². The van der Waals surface area contributed by atoms with Crippen molar-refractivity contribution >= 4 is 26.8 Å². The molecule has 0 saturated heterocycles. The molecule has 0 atom stereocenters. The lowest BCUT2D eigenvalue weighted by molar-refractivity contribution is 0.415. The molecule has 0 radical (unpaired) electrons. The van der Waals surface area contributed by atoms with E-state index in [1.807, 2.05) is 6.07 Å². The second-order valence-corrected chi connectivity index (χ2v) is 5.37. The quantitative estimate of drug-likeness (QED) is 0.810. The summed E-state index contributed by atoms with van der Waals surface area (Å²) in [5, 5.41) is 1.28. The summed E-state index contributed by atoms with van der Waals surface area (Å²) in [5.74, 6) is 0.903. The molecule has 0 N–H and O–H groups in total. The van der Waals surface area contributed by atoms with Gasteiger partial charge in [0, 0.05) is 22.1 Å². The van der Waals surface area contributed by atoms with E-state index in [0.29, 0.717) is 6.04 Å². The molecule has 0 fully saturated rings. The highest BCUT2D eigenvalue weighted by Crippen LogP contribution is 2.34. The molecule has 0 aliphatic rings. The third-order valence-corrected chi connectivity index (χ3v) is 3.71. The number of nitrogens with zero attached hydrogens (tertiary/aromatic N) is 1. The van der Waals surface area contributed by atoms with Crippen LogP contribution in [0.25, 0.3) is 10.9 Å².